The fourth-order valence-corrected chi connectivity index (χ4v) is 3.78. The zero-order valence-corrected chi connectivity index (χ0v) is 14.7. The van der Waals surface area contributed by atoms with E-state index in [0.717, 1.165) is 0 Å². The van der Waals surface area contributed by atoms with Crippen LogP contribution in [0, 0.1) is 11.3 Å². The first kappa shape index (κ1) is 21.0. The number of alkyl halides is 6. The van der Waals surface area contributed by atoms with Crippen molar-refractivity contribution in [2.45, 2.75) is 45.1 Å². The van der Waals surface area contributed by atoms with Crippen LogP contribution in [0.1, 0.15) is 27.2 Å². The van der Waals surface area contributed by atoms with Crippen LogP contribution in [-0.4, -0.2) is 60.1 Å². The number of halogens is 6. The van der Waals surface area contributed by atoms with E-state index in [1.54, 1.807) is 6.92 Å². The Hall–Kier alpha value is -1.29. The molecule has 1 heterocycles. The van der Waals surface area contributed by atoms with Crippen LogP contribution in [0.3, 0.4) is 0 Å². The molecule has 26 heavy (non-hydrogen) atoms. The number of nitrogens with zero attached hydrogens (tertiary/aromatic N) is 2. The van der Waals surface area contributed by atoms with E-state index in [1.165, 1.54) is 24.9 Å². The maximum atomic E-state index is 13.5. The first-order valence-electron chi connectivity index (χ1n) is 8.14. The van der Waals surface area contributed by atoms with Gasteiger partial charge in [-0.05, 0) is 24.8 Å². The number of ether oxygens (including phenoxy) is 1. The van der Waals surface area contributed by atoms with Crippen LogP contribution in [0.25, 0.3) is 0 Å². The van der Waals surface area contributed by atoms with Crippen LogP contribution in [0.5, 0.6) is 0 Å². The molecule has 0 aromatic rings. The molecule has 10 heteroatoms. The highest BCUT2D eigenvalue weighted by Gasteiger charge is 2.76. The Morgan fingerprint density at radius 1 is 1.12 bits per heavy atom. The molecule has 0 radical (unpaired) electrons. The molecular formula is C16H22F6N2O2. The minimum atomic E-state index is -5.90. The van der Waals surface area contributed by atoms with Gasteiger partial charge in [0, 0.05) is 0 Å². The second-order valence-corrected chi connectivity index (χ2v) is 7.44. The summed E-state index contributed by atoms with van der Waals surface area (Å²) in [6.45, 7) is 5.23. The van der Waals surface area contributed by atoms with Gasteiger partial charge in [-0.1, -0.05) is 19.4 Å². The van der Waals surface area contributed by atoms with Gasteiger partial charge < -0.3 is 9.84 Å². The molecule has 1 aliphatic heterocycles. The van der Waals surface area contributed by atoms with Crippen LogP contribution < -0.4 is 0 Å². The molecule has 1 N–H and O–H groups in total. The Morgan fingerprint density at radius 3 is 2.08 bits per heavy atom. The summed E-state index contributed by atoms with van der Waals surface area (Å²) in [7, 11) is 0. The number of morpholine rings is 1. The van der Waals surface area contributed by atoms with Gasteiger partial charge in [-0.2, -0.15) is 31.4 Å². The predicted octanol–water partition coefficient (Wildman–Crippen LogP) is 3.52. The molecule has 0 aromatic carbocycles. The third-order valence-corrected chi connectivity index (χ3v) is 4.73. The number of aliphatic hydroxyl groups is 1. The highest BCUT2D eigenvalue weighted by molar-refractivity contribution is 5.99. The monoisotopic (exact) mass is 388 g/mol. The number of hydrogen-bond donors (Lipinski definition) is 1. The average Bonchev–Trinajstić information content (AvgIpc) is 2.43. The lowest BCUT2D eigenvalue weighted by Gasteiger charge is -2.48. The second kappa shape index (κ2) is 6.70. The minimum Gasteiger partial charge on any atom is -0.378 e. The highest BCUT2D eigenvalue weighted by Crippen LogP contribution is 2.56. The number of allylic oxidation sites excluding steroid dienone is 2. The van der Waals surface area contributed by atoms with Gasteiger partial charge in [0.05, 0.1) is 37.9 Å². The largest absolute Gasteiger partial charge is 0.426 e. The molecule has 1 saturated heterocycles. The lowest BCUT2D eigenvalue weighted by molar-refractivity contribution is -0.385. The molecule has 0 bridgehead atoms. The molecule has 0 amide bonds. The molecule has 0 saturated carbocycles. The Kier molecular flexibility index (Phi) is 5.42. The predicted molar refractivity (Wildman–Crippen MR) is 82.5 cm³/mol. The van der Waals surface area contributed by atoms with Crippen molar-refractivity contribution in [2.24, 2.45) is 16.4 Å². The van der Waals surface area contributed by atoms with Gasteiger partial charge in [0.15, 0.2) is 0 Å². The lowest BCUT2D eigenvalue weighted by Crippen LogP contribution is -2.67. The molecule has 2 rings (SSSR count). The van der Waals surface area contributed by atoms with Crippen molar-refractivity contribution in [1.29, 1.82) is 0 Å². The second-order valence-electron chi connectivity index (χ2n) is 7.44. The van der Waals surface area contributed by atoms with E-state index in [2.05, 4.69) is 5.10 Å². The summed E-state index contributed by atoms with van der Waals surface area (Å²) in [4.78, 5) is 0. The Bertz CT molecular complexity index is 575. The van der Waals surface area contributed by atoms with E-state index in [4.69, 9.17) is 4.74 Å². The average molecular weight is 388 g/mol. The molecule has 1 fully saturated rings. The van der Waals surface area contributed by atoms with Gasteiger partial charge in [0.2, 0.25) is 0 Å². The zero-order chi connectivity index (χ0) is 20.0. The summed E-state index contributed by atoms with van der Waals surface area (Å²) >= 11 is 0. The molecule has 4 nitrogen and oxygen atoms in total. The van der Waals surface area contributed by atoms with Crippen molar-refractivity contribution >= 4 is 5.71 Å². The van der Waals surface area contributed by atoms with Gasteiger partial charge in [-0.25, -0.2) is 0 Å². The minimum absolute atomic E-state index is 0.0196. The van der Waals surface area contributed by atoms with Crippen LogP contribution in [0.4, 0.5) is 26.3 Å². The Labute approximate surface area is 147 Å². The normalized spacial score (nSPS) is 26.8. The topological polar surface area (TPSA) is 45.1 Å². The van der Waals surface area contributed by atoms with E-state index >= 15 is 0 Å². The van der Waals surface area contributed by atoms with Crippen molar-refractivity contribution in [3.63, 3.8) is 0 Å². The van der Waals surface area contributed by atoms with E-state index in [1.807, 2.05) is 0 Å². The standard InChI is InChI=1S/C16H22F6N2O2/c1-10-8-11(23-24-4-6-26-7-5-24)12(13(2,3)9-10)14(25,15(17,18)19)16(20,21)22/h8,12,25H,4-7,9H2,1-3H3/b23-11-/t12-/m1/s1. The summed E-state index contributed by atoms with van der Waals surface area (Å²) < 4.78 is 86.1. The summed E-state index contributed by atoms with van der Waals surface area (Å²) in [5, 5.41) is 15.5. The quantitative estimate of drug-likeness (QED) is 0.737. The van der Waals surface area contributed by atoms with Crippen LogP contribution in [0.2, 0.25) is 0 Å². The molecule has 150 valence electrons. The van der Waals surface area contributed by atoms with Crippen molar-refractivity contribution in [3.05, 3.63) is 11.6 Å². The van der Waals surface area contributed by atoms with Crippen molar-refractivity contribution in [1.82, 2.24) is 5.01 Å². The molecule has 2 aliphatic rings. The summed E-state index contributed by atoms with van der Waals surface area (Å²) in [5.41, 5.74) is -6.22. The molecule has 0 aromatic heterocycles. The SMILES string of the molecule is CC1=C/C(=N/N2CCOCC2)[C@@H](C(O)(C(F)(F)F)C(F)(F)F)C(C)(C)C1. The van der Waals surface area contributed by atoms with Gasteiger partial charge >= 0.3 is 12.4 Å². The van der Waals surface area contributed by atoms with Crippen molar-refractivity contribution < 1.29 is 36.2 Å². The van der Waals surface area contributed by atoms with Crippen molar-refractivity contribution in [2.75, 3.05) is 26.3 Å². The maximum Gasteiger partial charge on any atom is 0.426 e. The maximum absolute atomic E-state index is 13.5. The molecule has 0 unspecified atom stereocenters. The number of rotatable bonds is 2. The Balaban J connectivity index is 2.63. The molecular weight excluding hydrogens is 366 g/mol. The Morgan fingerprint density at radius 2 is 1.62 bits per heavy atom. The fraction of sp³-hybridized carbons (Fsp3) is 0.812. The van der Waals surface area contributed by atoms with Crippen LogP contribution in [-0.2, 0) is 4.74 Å². The zero-order valence-electron chi connectivity index (χ0n) is 14.7. The van der Waals surface area contributed by atoms with Crippen molar-refractivity contribution in [3.8, 4) is 0 Å². The van der Waals surface area contributed by atoms with Gasteiger partial charge in [0.1, 0.15) is 0 Å². The molecule has 1 atom stereocenters. The fourth-order valence-electron chi connectivity index (χ4n) is 3.78. The van der Waals surface area contributed by atoms with Crippen LogP contribution >= 0.6 is 0 Å². The van der Waals surface area contributed by atoms with E-state index in [9.17, 15) is 31.4 Å². The number of hydrogen-bond acceptors (Lipinski definition) is 4. The molecule has 0 spiro atoms. The summed E-state index contributed by atoms with van der Waals surface area (Å²) in [5.74, 6) is -2.29. The first-order valence-corrected chi connectivity index (χ1v) is 8.14. The highest BCUT2D eigenvalue weighted by atomic mass is 19.4. The lowest BCUT2D eigenvalue weighted by atomic mass is 9.61. The third-order valence-electron chi connectivity index (χ3n) is 4.73. The summed E-state index contributed by atoms with van der Waals surface area (Å²) in [6, 6.07) is 0. The third kappa shape index (κ3) is 3.71. The van der Waals surface area contributed by atoms with E-state index in [0.29, 0.717) is 5.57 Å². The first-order chi connectivity index (χ1) is 11.7. The van der Waals surface area contributed by atoms with Gasteiger partial charge in [-0.3, -0.25) is 5.01 Å². The van der Waals surface area contributed by atoms with Gasteiger partial charge in [-0.15, -0.1) is 0 Å². The number of hydrazone groups is 1. The molecule has 1 aliphatic carbocycles. The van der Waals surface area contributed by atoms with Gasteiger partial charge in [0.25, 0.3) is 5.60 Å². The van der Waals surface area contributed by atoms with E-state index < -0.39 is 35.0 Å². The van der Waals surface area contributed by atoms with E-state index in [-0.39, 0.29) is 32.7 Å². The van der Waals surface area contributed by atoms with Crippen LogP contribution in [0.15, 0.2) is 16.8 Å². The smallest absolute Gasteiger partial charge is 0.378 e. The summed E-state index contributed by atoms with van der Waals surface area (Å²) in [6.07, 6.45) is -10.6.